The second kappa shape index (κ2) is 9.59. The topological polar surface area (TPSA) is 85.9 Å². The highest BCUT2D eigenvalue weighted by molar-refractivity contribution is 14.0. The molecule has 1 aliphatic carbocycles. The van der Waals surface area contributed by atoms with Gasteiger partial charge in [-0.2, -0.15) is 0 Å². The molecule has 0 aromatic heterocycles. The molecule has 0 radical (unpaired) electrons. The van der Waals surface area contributed by atoms with E-state index < -0.39 is 5.97 Å². The van der Waals surface area contributed by atoms with E-state index in [1.807, 2.05) is 6.07 Å². The summed E-state index contributed by atoms with van der Waals surface area (Å²) >= 11 is 0. The Balaban J connectivity index is 0.00000264. The fraction of sp³-hybridized carbons (Fsp3) is 0.500. The second-order valence-corrected chi connectivity index (χ2v) is 5.41. The Morgan fingerprint density at radius 2 is 2.13 bits per heavy atom. The number of nitrogens with two attached hydrogens (primary N) is 1. The number of halogens is 1. The standard InChI is InChI=1S/C16H23N3O3.HI/c1-21-14-7-6-12(8-13(14)15(20)22-2)10-19-16(17)18-9-11-4-3-5-11;/h6-8,11H,3-5,9-10H2,1-2H3,(H3,17,18,19);1H. The normalized spacial score (nSPS) is 14.4. The number of carbonyl (C=O) groups is 1. The predicted octanol–water partition coefficient (Wildman–Crippen LogP) is 2.30. The van der Waals surface area contributed by atoms with E-state index in [1.165, 1.54) is 33.5 Å². The summed E-state index contributed by atoms with van der Waals surface area (Å²) in [6.45, 7) is 1.28. The number of esters is 1. The fourth-order valence-corrected chi connectivity index (χ4v) is 2.30. The highest BCUT2D eigenvalue weighted by Gasteiger charge is 2.17. The molecule has 3 N–H and O–H groups in total. The van der Waals surface area contributed by atoms with Crippen molar-refractivity contribution in [2.75, 3.05) is 20.8 Å². The summed E-state index contributed by atoms with van der Waals surface area (Å²) in [6, 6.07) is 5.30. The van der Waals surface area contributed by atoms with Crippen LogP contribution in [0.4, 0.5) is 0 Å². The predicted molar refractivity (Wildman–Crippen MR) is 100 cm³/mol. The molecular formula is C16H24IN3O3. The largest absolute Gasteiger partial charge is 0.496 e. The van der Waals surface area contributed by atoms with E-state index in [2.05, 4.69) is 10.3 Å². The summed E-state index contributed by atoms with van der Waals surface area (Å²) < 4.78 is 9.91. The Labute approximate surface area is 153 Å². The number of carbonyl (C=O) groups excluding carboxylic acids is 1. The van der Waals surface area contributed by atoms with Crippen LogP contribution in [0.1, 0.15) is 35.2 Å². The van der Waals surface area contributed by atoms with Gasteiger partial charge in [0.05, 0.1) is 20.8 Å². The third kappa shape index (κ3) is 5.56. The molecule has 1 aromatic carbocycles. The average molecular weight is 433 g/mol. The first-order valence-electron chi connectivity index (χ1n) is 7.43. The van der Waals surface area contributed by atoms with E-state index >= 15 is 0 Å². The molecule has 1 aromatic rings. The van der Waals surface area contributed by atoms with E-state index in [-0.39, 0.29) is 24.0 Å². The van der Waals surface area contributed by atoms with Gasteiger partial charge in [0, 0.05) is 6.54 Å². The minimum Gasteiger partial charge on any atom is -0.496 e. The van der Waals surface area contributed by atoms with Gasteiger partial charge in [0.15, 0.2) is 5.96 Å². The molecule has 128 valence electrons. The monoisotopic (exact) mass is 433 g/mol. The second-order valence-electron chi connectivity index (χ2n) is 5.41. The molecule has 0 spiro atoms. The summed E-state index contributed by atoms with van der Waals surface area (Å²) in [5.41, 5.74) is 7.11. The summed E-state index contributed by atoms with van der Waals surface area (Å²) in [6.07, 6.45) is 3.84. The summed E-state index contributed by atoms with van der Waals surface area (Å²) in [5.74, 6) is 1.21. The zero-order chi connectivity index (χ0) is 15.9. The van der Waals surface area contributed by atoms with Crippen molar-refractivity contribution in [2.45, 2.75) is 25.8 Å². The van der Waals surface area contributed by atoms with Crippen molar-refractivity contribution in [1.29, 1.82) is 0 Å². The van der Waals surface area contributed by atoms with Crippen molar-refractivity contribution in [1.82, 2.24) is 5.32 Å². The fourth-order valence-electron chi connectivity index (χ4n) is 2.30. The van der Waals surface area contributed by atoms with Crippen molar-refractivity contribution in [3.8, 4) is 5.75 Å². The quantitative estimate of drug-likeness (QED) is 0.311. The van der Waals surface area contributed by atoms with Gasteiger partial charge in [-0.15, -0.1) is 24.0 Å². The lowest BCUT2D eigenvalue weighted by atomic mass is 9.85. The SMILES string of the molecule is COC(=O)c1cc(CN=C(N)NCC2CCC2)ccc1OC.I. The maximum atomic E-state index is 11.7. The molecule has 23 heavy (non-hydrogen) atoms. The third-order valence-corrected chi connectivity index (χ3v) is 3.90. The molecule has 0 unspecified atom stereocenters. The Kier molecular flexibility index (Phi) is 8.15. The molecule has 1 saturated carbocycles. The van der Waals surface area contributed by atoms with Crippen LogP contribution in [0.15, 0.2) is 23.2 Å². The first kappa shape index (κ1) is 19.5. The molecule has 0 bridgehead atoms. The molecule has 0 atom stereocenters. The zero-order valence-electron chi connectivity index (χ0n) is 13.5. The van der Waals surface area contributed by atoms with Gasteiger partial charge in [0.25, 0.3) is 0 Å². The number of ether oxygens (including phenoxy) is 2. The Bertz CT molecular complexity index is 560. The number of hydrogen-bond acceptors (Lipinski definition) is 4. The number of methoxy groups -OCH3 is 2. The summed E-state index contributed by atoms with van der Waals surface area (Å²) in [7, 11) is 2.86. The molecule has 0 amide bonds. The van der Waals surface area contributed by atoms with Gasteiger partial charge >= 0.3 is 5.97 Å². The van der Waals surface area contributed by atoms with Gasteiger partial charge in [-0.3, -0.25) is 0 Å². The molecule has 2 rings (SSSR count). The number of hydrogen-bond donors (Lipinski definition) is 2. The summed E-state index contributed by atoms with van der Waals surface area (Å²) in [4.78, 5) is 16.0. The maximum Gasteiger partial charge on any atom is 0.341 e. The van der Waals surface area contributed by atoms with Gasteiger partial charge in [-0.1, -0.05) is 12.5 Å². The van der Waals surface area contributed by atoms with Gasteiger partial charge in [0.1, 0.15) is 11.3 Å². The number of nitrogens with one attached hydrogen (secondary N) is 1. The van der Waals surface area contributed by atoms with Crippen LogP contribution in [0, 0.1) is 5.92 Å². The molecule has 1 fully saturated rings. The third-order valence-electron chi connectivity index (χ3n) is 3.90. The van der Waals surface area contributed by atoms with Crippen molar-refractivity contribution in [3.05, 3.63) is 29.3 Å². The van der Waals surface area contributed by atoms with Crippen LogP contribution in [-0.2, 0) is 11.3 Å². The van der Waals surface area contributed by atoms with E-state index in [4.69, 9.17) is 15.2 Å². The zero-order valence-corrected chi connectivity index (χ0v) is 15.8. The van der Waals surface area contributed by atoms with Gasteiger partial charge in [-0.05, 0) is 36.5 Å². The van der Waals surface area contributed by atoms with Gasteiger partial charge in [0.2, 0.25) is 0 Å². The highest BCUT2D eigenvalue weighted by atomic mass is 127. The minimum absolute atomic E-state index is 0. The molecule has 0 heterocycles. The maximum absolute atomic E-state index is 11.7. The van der Waals surface area contributed by atoms with Crippen LogP contribution in [0.25, 0.3) is 0 Å². The first-order chi connectivity index (χ1) is 10.6. The number of rotatable bonds is 6. The molecular weight excluding hydrogens is 409 g/mol. The van der Waals surface area contributed by atoms with Crippen LogP contribution in [0.3, 0.4) is 0 Å². The lowest BCUT2D eigenvalue weighted by Crippen LogP contribution is -2.37. The average Bonchev–Trinajstić information content (AvgIpc) is 2.50. The van der Waals surface area contributed by atoms with E-state index in [0.29, 0.717) is 23.8 Å². The minimum atomic E-state index is -0.432. The van der Waals surface area contributed by atoms with Crippen LogP contribution in [0.5, 0.6) is 5.75 Å². The van der Waals surface area contributed by atoms with Crippen LogP contribution in [0.2, 0.25) is 0 Å². The molecule has 0 aliphatic heterocycles. The van der Waals surface area contributed by atoms with E-state index in [1.54, 1.807) is 12.1 Å². The Morgan fingerprint density at radius 1 is 1.39 bits per heavy atom. The van der Waals surface area contributed by atoms with Crippen molar-refractivity contribution in [3.63, 3.8) is 0 Å². The number of benzene rings is 1. The Hall–Kier alpha value is -1.51. The van der Waals surface area contributed by atoms with Crippen molar-refractivity contribution in [2.24, 2.45) is 16.6 Å². The molecule has 7 heteroatoms. The molecule has 1 aliphatic rings. The molecule has 0 saturated heterocycles. The van der Waals surface area contributed by atoms with E-state index in [0.717, 1.165) is 18.0 Å². The highest BCUT2D eigenvalue weighted by Crippen LogP contribution is 2.25. The van der Waals surface area contributed by atoms with Gasteiger partial charge in [-0.25, -0.2) is 9.79 Å². The van der Waals surface area contributed by atoms with Crippen LogP contribution < -0.4 is 15.8 Å². The molecule has 6 nitrogen and oxygen atoms in total. The Morgan fingerprint density at radius 3 is 2.70 bits per heavy atom. The lowest BCUT2D eigenvalue weighted by molar-refractivity contribution is 0.0597. The number of aliphatic imine (C=N–C) groups is 1. The van der Waals surface area contributed by atoms with E-state index in [9.17, 15) is 4.79 Å². The first-order valence-corrected chi connectivity index (χ1v) is 7.43. The van der Waals surface area contributed by atoms with Crippen molar-refractivity contribution < 1.29 is 14.3 Å². The lowest BCUT2D eigenvalue weighted by Gasteiger charge is -2.25. The van der Waals surface area contributed by atoms with Crippen LogP contribution in [-0.4, -0.2) is 32.7 Å². The number of nitrogens with zero attached hydrogens (tertiary/aromatic N) is 1. The smallest absolute Gasteiger partial charge is 0.341 e. The van der Waals surface area contributed by atoms with Crippen molar-refractivity contribution >= 4 is 35.9 Å². The van der Waals surface area contributed by atoms with Crippen LogP contribution >= 0.6 is 24.0 Å². The number of guanidine groups is 1. The summed E-state index contributed by atoms with van der Waals surface area (Å²) in [5, 5.41) is 3.14. The van der Waals surface area contributed by atoms with Gasteiger partial charge < -0.3 is 20.5 Å².